The average Bonchev–Trinajstić information content (AvgIpc) is 2.42. The van der Waals surface area contributed by atoms with Crippen molar-refractivity contribution in [2.24, 2.45) is 0 Å². The van der Waals surface area contributed by atoms with Gasteiger partial charge in [-0.2, -0.15) is 0 Å². The van der Waals surface area contributed by atoms with Gasteiger partial charge in [-0.15, -0.1) is 0 Å². The number of hydrogen-bond acceptors (Lipinski definition) is 5. The van der Waals surface area contributed by atoms with Gasteiger partial charge in [0.15, 0.2) is 11.5 Å². The summed E-state index contributed by atoms with van der Waals surface area (Å²) in [7, 11) is 0. The van der Waals surface area contributed by atoms with Crippen LogP contribution < -0.4 is 9.47 Å². The third-order valence-electron chi connectivity index (χ3n) is 2.44. The van der Waals surface area contributed by atoms with E-state index in [-0.39, 0.29) is 11.3 Å². The molecule has 0 aromatic heterocycles. The van der Waals surface area contributed by atoms with Crippen LogP contribution in [0.3, 0.4) is 0 Å². The topological polar surface area (TPSA) is 81.8 Å². The van der Waals surface area contributed by atoms with Gasteiger partial charge in [-0.25, -0.2) is 0 Å². The summed E-state index contributed by atoms with van der Waals surface area (Å²) < 4.78 is 11.0. The lowest BCUT2D eigenvalue weighted by Crippen LogP contribution is -2.04. The van der Waals surface area contributed by atoms with E-state index in [9.17, 15) is 15.2 Å². The van der Waals surface area contributed by atoms with Crippen LogP contribution in [-0.4, -0.2) is 23.2 Å². The van der Waals surface area contributed by atoms with Crippen molar-refractivity contribution in [2.45, 2.75) is 33.3 Å². The van der Waals surface area contributed by atoms with E-state index in [1.807, 2.05) is 13.8 Å². The van der Waals surface area contributed by atoms with Crippen LogP contribution in [0, 0.1) is 10.1 Å². The molecule has 0 bridgehead atoms. The van der Waals surface area contributed by atoms with Gasteiger partial charge in [-0.05, 0) is 18.9 Å². The Kier molecular flexibility index (Phi) is 6.08. The van der Waals surface area contributed by atoms with E-state index in [1.54, 1.807) is 0 Å². The molecule has 106 valence electrons. The van der Waals surface area contributed by atoms with Gasteiger partial charge in [0.2, 0.25) is 0 Å². The van der Waals surface area contributed by atoms with Crippen LogP contribution in [0.25, 0.3) is 0 Å². The number of nitro groups is 1. The fourth-order valence-electron chi connectivity index (χ4n) is 1.54. The molecule has 0 atom stereocenters. The number of nitrogens with zero attached hydrogens (tertiary/aromatic N) is 1. The fourth-order valence-corrected chi connectivity index (χ4v) is 1.54. The SMILES string of the molecule is CCCOc1cc(CO)c([N+](=O)[O-])cc1OCCC. The smallest absolute Gasteiger partial charge is 0.278 e. The lowest BCUT2D eigenvalue weighted by molar-refractivity contribution is -0.385. The fraction of sp³-hybridized carbons (Fsp3) is 0.538. The second-order valence-electron chi connectivity index (χ2n) is 4.04. The summed E-state index contributed by atoms with van der Waals surface area (Å²) >= 11 is 0. The largest absolute Gasteiger partial charge is 0.490 e. The van der Waals surface area contributed by atoms with E-state index >= 15 is 0 Å². The van der Waals surface area contributed by atoms with Crippen molar-refractivity contribution in [3.8, 4) is 11.5 Å². The zero-order valence-corrected chi connectivity index (χ0v) is 11.2. The molecule has 0 amide bonds. The monoisotopic (exact) mass is 269 g/mol. The molecule has 0 radical (unpaired) electrons. The highest BCUT2D eigenvalue weighted by Crippen LogP contribution is 2.35. The van der Waals surface area contributed by atoms with Crippen molar-refractivity contribution < 1.29 is 19.5 Å². The zero-order chi connectivity index (χ0) is 14.3. The van der Waals surface area contributed by atoms with E-state index in [0.717, 1.165) is 12.8 Å². The number of benzene rings is 1. The lowest BCUT2D eigenvalue weighted by atomic mass is 10.1. The maximum Gasteiger partial charge on any atom is 0.278 e. The number of hydrogen-bond donors (Lipinski definition) is 1. The van der Waals surface area contributed by atoms with Crippen molar-refractivity contribution in [1.82, 2.24) is 0 Å². The van der Waals surface area contributed by atoms with Crippen molar-refractivity contribution in [1.29, 1.82) is 0 Å². The summed E-state index contributed by atoms with van der Waals surface area (Å²) in [6.07, 6.45) is 1.61. The van der Waals surface area contributed by atoms with Crippen molar-refractivity contribution in [3.63, 3.8) is 0 Å². The molecule has 0 aliphatic carbocycles. The lowest BCUT2D eigenvalue weighted by Gasteiger charge is -2.13. The summed E-state index contributed by atoms with van der Waals surface area (Å²) in [5.41, 5.74) is 0.0670. The van der Waals surface area contributed by atoms with Gasteiger partial charge in [0.1, 0.15) is 0 Å². The summed E-state index contributed by atoms with van der Waals surface area (Å²) in [5, 5.41) is 20.1. The molecular formula is C13H19NO5. The number of aliphatic hydroxyl groups excluding tert-OH is 1. The number of aliphatic hydroxyl groups is 1. The zero-order valence-electron chi connectivity index (χ0n) is 11.2. The Morgan fingerprint density at radius 3 is 2.11 bits per heavy atom. The van der Waals surface area contributed by atoms with Crippen molar-refractivity contribution >= 4 is 5.69 Å². The Morgan fingerprint density at radius 1 is 1.16 bits per heavy atom. The van der Waals surface area contributed by atoms with Gasteiger partial charge in [0.25, 0.3) is 5.69 Å². The van der Waals surface area contributed by atoms with Gasteiger partial charge >= 0.3 is 0 Å². The van der Waals surface area contributed by atoms with Crippen LogP contribution in [0.15, 0.2) is 12.1 Å². The first-order valence-corrected chi connectivity index (χ1v) is 6.31. The third kappa shape index (κ3) is 4.10. The molecule has 0 spiro atoms. The molecule has 1 aromatic carbocycles. The Hall–Kier alpha value is -1.82. The summed E-state index contributed by atoms with van der Waals surface area (Å²) in [4.78, 5) is 10.4. The number of ether oxygens (including phenoxy) is 2. The summed E-state index contributed by atoms with van der Waals surface area (Å²) in [6, 6.07) is 2.78. The van der Waals surface area contributed by atoms with Crippen LogP contribution in [0.4, 0.5) is 5.69 Å². The minimum atomic E-state index is -0.534. The number of nitro benzene ring substituents is 1. The Bertz CT molecular complexity index is 433. The van der Waals surface area contributed by atoms with Crippen LogP contribution >= 0.6 is 0 Å². The van der Waals surface area contributed by atoms with Gasteiger partial charge < -0.3 is 14.6 Å². The second-order valence-corrected chi connectivity index (χ2v) is 4.04. The molecule has 0 aliphatic heterocycles. The molecular weight excluding hydrogens is 250 g/mol. The highest BCUT2D eigenvalue weighted by Gasteiger charge is 2.19. The van der Waals surface area contributed by atoms with Crippen molar-refractivity contribution in [2.75, 3.05) is 13.2 Å². The van der Waals surface area contributed by atoms with Crippen molar-refractivity contribution in [3.05, 3.63) is 27.8 Å². The molecule has 0 saturated carbocycles. The van der Waals surface area contributed by atoms with Gasteiger partial charge in [-0.1, -0.05) is 13.8 Å². The molecule has 0 fully saturated rings. The second kappa shape index (κ2) is 7.58. The molecule has 6 nitrogen and oxygen atoms in total. The minimum Gasteiger partial charge on any atom is -0.490 e. The summed E-state index contributed by atoms with van der Waals surface area (Å²) in [6.45, 7) is 4.45. The average molecular weight is 269 g/mol. The molecule has 6 heteroatoms. The van der Waals surface area contributed by atoms with Crippen LogP contribution in [-0.2, 0) is 6.61 Å². The normalized spacial score (nSPS) is 10.3. The van der Waals surface area contributed by atoms with Crippen LogP contribution in [0.2, 0.25) is 0 Å². The van der Waals surface area contributed by atoms with Crippen LogP contribution in [0.1, 0.15) is 32.3 Å². The first kappa shape index (κ1) is 15.2. The standard InChI is InChI=1S/C13H19NO5/c1-3-5-18-12-7-10(9-15)11(14(16)17)8-13(12)19-6-4-2/h7-8,15H,3-6,9H2,1-2H3. The molecule has 0 unspecified atom stereocenters. The highest BCUT2D eigenvalue weighted by molar-refractivity contribution is 5.54. The first-order chi connectivity index (χ1) is 9.13. The predicted octanol–water partition coefficient (Wildman–Crippen LogP) is 2.66. The molecule has 1 aromatic rings. The Labute approximate surface area is 112 Å². The molecule has 0 saturated heterocycles. The van der Waals surface area contributed by atoms with E-state index in [1.165, 1.54) is 12.1 Å². The minimum absolute atomic E-state index is 0.155. The van der Waals surface area contributed by atoms with E-state index < -0.39 is 11.5 Å². The molecule has 19 heavy (non-hydrogen) atoms. The van der Waals surface area contributed by atoms with Gasteiger partial charge in [-0.3, -0.25) is 10.1 Å². The first-order valence-electron chi connectivity index (χ1n) is 6.31. The predicted molar refractivity (Wildman–Crippen MR) is 70.6 cm³/mol. The van der Waals surface area contributed by atoms with E-state index in [0.29, 0.717) is 24.7 Å². The number of rotatable bonds is 8. The van der Waals surface area contributed by atoms with E-state index in [2.05, 4.69) is 0 Å². The quantitative estimate of drug-likeness (QED) is 0.579. The third-order valence-corrected chi connectivity index (χ3v) is 2.44. The van der Waals surface area contributed by atoms with Gasteiger partial charge in [0, 0.05) is 0 Å². The maximum absolute atomic E-state index is 10.9. The highest BCUT2D eigenvalue weighted by atomic mass is 16.6. The Balaban J connectivity index is 3.14. The summed E-state index contributed by atoms with van der Waals surface area (Å²) in [5.74, 6) is 0.782. The van der Waals surface area contributed by atoms with Crippen LogP contribution in [0.5, 0.6) is 11.5 Å². The molecule has 0 heterocycles. The van der Waals surface area contributed by atoms with E-state index in [4.69, 9.17) is 9.47 Å². The Morgan fingerprint density at radius 2 is 1.68 bits per heavy atom. The molecule has 1 N–H and O–H groups in total. The van der Waals surface area contributed by atoms with Gasteiger partial charge in [0.05, 0.1) is 36.4 Å². The maximum atomic E-state index is 10.9. The molecule has 1 rings (SSSR count). The molecule has 0 aliphatic rings.